The zero-order valence-electron chi connectivity index (χ0n) is 12.8. The summed E-state index contributed by atoms with van der Waals surface area (Å²) in [6.45, 7) is 0.566. The number of hydrogen-bond donors (Lipinski definition) is 1. The number of carbonyl (C=O) groups is 1. The molecule has 1 saturated carbocycles. The quantitative estimate of drug-likeness (QED) is 0.889. The van der Waals surface area contributed by atoms with Gasteiger partial charge in [-0.15, -0.1) is 0 Å². The van der Waals surface area contributed by atoms with E-state index in [9.17, 15) is 4.79 Å². The molecule has 1 fully saturated rings. The highest BCUT2D eigenvalue weighted by Crippen LogP contribution is 2.26. The zero-order valence-corrected chi connectivity index (χ0v) is 13.6. The Bertz CT molecular complexity index is 603. The van der Waals surface area contributed by atoms with Gasteiger partial charge in [-0.1, -0.05) is 19.3 Å². The summed E-state index contributed by atoms with van der Waals surface area (Å²) in [5.41, 5.74) is 3.36. The maximum absolute atomic E-state index is 12.1. The molecule has 0 spiro atoms. The summed E-state index contributed by atoms with van der Waals surface area (Å²) in [5, 5.41) is 7.22. The molecule has 3 rings (SSSR count). The van der Waals surface area contributed by atoms with Crippen molar-refractivity contribution in [2.24, 2.45) is 5.92 Å². The van der Waals surface area contributed by atoms with Gasteiger partial charge in [-0.3, -0.25) is 9.78 Å². The number of nitrogens with one attached hydrogen (secondary N) is 1. The molecule has 0 radical (unpaired) electrons. The van der Waals surface area contributed by atoms with E-state index < -0.39 is 0 Å². The minimum atomic E-state index is 0.174. The number of aromatic nitrogens is 1. The van der Waals surface area contributed by atoms with E-state index in [1.807, 2.05) is 12.4 Å². The van der Waals surface area contributed by atoms with Crippen LogP contribution in [0.4, 0.5) is 0 Å². The molecular formula is C18H22N2OS. The van der Waals surface area contributed by atoms with Crippen molar-refractivity contribution in [3.8, 4) is 11.1 Å². The summed E-state index contributed by atoms with van der Waals surface area (Å²) >= 11 is 1.68. The minimum Gasteiger partial charge on any atom is -0.352 e. The van der Waals surface area contributed by atoms with Gasteiger partial charge in [0.15, 0.2) is 0 Å². The molecule has 2 aromatic heterocycles. The third kappa shape index (κ3) is 4.17. The number of amides is 1. The number of carbonyl (C=O) groups excluding carboxylic acids is 1. The Morgan fingerprint density at radius 1 is 1.23 bits per heavy atom. The van der Waals surface area contributed by atoms with E-state index in [1.54, 1.807) is 11.3 Å². The Hall–Kier alpha value is -1.68. The van der Waals surface area contributed by atoms with Crippen molar-refractivity contribution in [2.45, 2.75) is 45.1 Å². The van der Waals surface area contributed by atoms with Gasteiger partial charge in [-0.25, -0.2) is 0 Å². The average molecular weight is 314 g/mol. The first-order valence-electron chi connectivity index (χ1n) is 8.04. The predicted molar refractivity (Wildman–Crippen MR) is 90.6 cm³/mol. The normalized spacial score (nSPS) is 15.6. The summed E-state index contributed by atoms with van der Waals surface area (Å²) in [7, 11) is 0. The summed E-state index contributed by atoms with van der Waals surface area (Å²) in [6.07, 6.45) is 10.7. The van der Waals surface area contributed by atoms with Crippen LogP contribution >= 0.6 is 11.3 Å². The van der Waals surface area contributed by atoms with E-state index >= 15 is 0 Å². The van der Waals surface area contributed by atoms with Gasteiger partial charge < -0.3 is 5.32 Å². The van der Waals surface area contributed by atoms with Crippen molar-refractivity contribution in [3.05, 3.63) is 40.8 Å². The highest BCUT2D eigenvalue weighted by atomic mass is 32.1. The van der Waals surface area contributed by atoms with E-state index in [-0.39, 0.29) is 5.91 Å². The zero-order chi connectivity index (χ0) is 15.2. The van der Waals surface area contributed by atoms with Crippen LogP contribution in [0.25, 0.3) is 11.1 Å². The van der Waals surface area contributed by atoms with E-state index in [1.165, 1.54) is 37.7 Å². The van der Waals surface area contributed by atoms with Crippen LogP contribution in [0.15, 0.2) is 35.3 Å². The van der Waals surface area contributed by atoms with Gasteiger partial charge in [0.25, 0.3) is 0 Å². The summed E-state index contributed by atoms with van der Waals surface area (Å²) < 4.78 is 0. The van der Waals surface area contributed by atoms with Crippen LogP contribution in [0.5, 0.6) is 0 Å². The molecule has 22 heavy (non-hydrogen) atoms. The Morgan fingerprint density at radius 3 is 2.86 bits per heavy atom. The molecule has 0 bridgehead atoms. The van der Waals surface area contributed by atoms with Crippen LogP contribution in [-0.4, -0.2) is 10.9 Å². The maximum Gasteiger partial charge on any atom is 0.220 e. The smallest absolute Gasteiger partial charge is 0.220 e. The molecule has 4 heteroatoms. The lowest BCUT2D eigenvalue weighted by Crippen LogP contribution is -2.25. The van der Waals surface area contributed by atoms with Gasteiger partial charge >= 0.3 is 0 Å². The molecule has 0 atom stereocenters. The molecule has 1 aliphatic rings. The summed E-state index contributed by atoms with van der Waals surface area (Å²) in [6, 6.07) is 4.20. The van der Waals surface area contributed by atoms with Crippen LogP contribution in [-0.2, 0) is 11.3 Å². The SMILES string of the molecule is O=C(CC1CCCCC1)NCc1cncc(-c2ccsc2)c1. The van der Waals surface area contributed by atoms with Gasteiger partial charge in [-0.05, 0) is 52.8 Å². The predicted octanol–water partition coefficient (Wildman–Crippen LogP) is 4.40. The lowest BCUT2D eigenvalue weighted by atomic mass is 9.87. The number of pyridine rings is 1. The highest BCUT2D eigenvalue weighted by molar-refractivity contribution is 7.08. The average Bonchev–Trinajstić information content (AvgIpc) is 3.09. The van der Waals surface area contributed by atoms with Gasteiger partial charge in [0, 0.05) is 30.9 Å². The Kier molecular flexibility index (Phi) is 5.22. The minimum absolute atomic E-state index is 0.174. The second-order valence-corrected chi connectivity index (χ2v) is 6.86. The molecule has 1 N–H and O–H groups in total. The molecule has 0 aromatic carbocycles. The lowest BCUT2D eigenvalue weighted by molar-refractivity contribution is -0.122. The number of nitrogens with zero attached hydrogens (tertiary/aromatic N) is 1. The van der Waals surface area contributed by atoms with E-state index in [0.717, 1.165) is 11.1 Å². The molecule has 0 unspecified atom stereocenters. The van der Waals surface area contributed by atoms with E-state index in [4.69, 9.17) is 0 Å². The Morgan fingerprint density at radius 2 is 2.09 bits per heavy atom. The molecule has 1 amide bonds. The van der Waals surface area contributed by atoms with Crippen LogP contribution in [0.2, 0.25) is 0 Å². The first-order valence-corrected chi connectivity index (χ1v) is 8.99. The Balaban J connectivity index is 1.52. The van der Waals surface area contributed by atoms with Gasteiger partial charge in [0.2, 0.25) is 5.91 Å². The van der Waals surface area contributed by atoms with Crippen molar-refractivity contribution < 1.29 is 4.79 Å². The lowest BCUT2D eigenvalue weighted by Gasteiger charge is -2.20. The first kappa shape index (κ1) is 15.2. The number of hydrogen-bond acceptors (Lipinski definition) is 3. The van der Waals surface area contributed by atoms with Crippen LogP contribution in [0, 0.1) is 5.92 Å². The summed E-state index contributed by atoms with van der Waals surface area (Å²) in [5.74, 6) is 0.761. The van der Waals surface area contributed by atoms with Crippen molar-refractivity contribution in [1.82, 2.24) is 10.3 Å². The van der Waals surface area contributed by atoms with Crippen molar-refractivity contribution >= 4 is 17.2 Å². The second-order valence-electron chi connectivity index (χ2n) is 6.08. The van der Waals surface area contributed by atoms with Crippen LogP contribution in [0.3, 0.4) is 0 Å². The molecule has 1 aliphatic carbocycles. The van der Waals surface area contributed by atoms with Crippen molar-refractivity contribution in [3.63, 3.8) is 0 Å². The van der Waals surface area contributed by atoms with Crippen molar-refractivity contribution in [1.29, 1.82) is 0 Å². The van der Waals surface area contributed by atoms with Crippen LogP contribution in [0.1, 0.15) is 44.1 Å². The second kappa shape index (κ2) is 7.54. The fourth-order valence-corrected chi connectivity index (χ4v) is 3.76. The molecule has 2 aromatic rings. The third-order valence-electron chi connectivity index (χ3n) is 4.34. The van der Waals surface area contributed by atoms with Crippen LogP contribution < -0.4 is 5.32 Å². The standard InChI is InChI=1S/C18H22N2OS/c21-18(9-14-4-2-1-3-5-14)20-11-15-8-17(12-19-10-15)16-6-7-22-13-16/h6-8,10,12-14H,1-5,9,11H2,(H,20,21). The van der Waals surface area contributed by atoms with E-state index in [2.05, 4.69) is 33.2 Å². The van der Waals surface area contributed by atoms with E-state index in [0.29, 0.717) is 18.9 Å². The monoisotopic (exact) mass is 314 g/mol. The maximum atomic E-state index is 12.1. The van der Waals surface area contributed by atoms with Gasteiger partial charge in [0.05, 0.1) is 0 Å². The van der Waals surface area contributed by atoms with Gasteiger partial charge in [-0.2, -0.15) is 11.3 Å². The van der Waals surface area contributed by atoms with Gasteiger partial charge in [0.1, 0.15) is 0 Å². The molecule has 2 heterocycles. The fourth-order valence-electron chi connectivity index (χ4n) is 3.10. The molecule has 0 aliphatic heterocycles. The number of thiophene rings is 1. The fraction of sp³-hybridized carbons (Fsp3) is 0.444. The molecule has 3 nitrogen and oxygen atoms in total. The Labute approximate surface area is 135 Å². The third-order valence-corrected chi connectivity index (χ3v) is 5.02. The topological polar surface area (TPSA) is 42.0 Å². The van der Waals surface area contributed by atoms with Crippen molar-refractivity contribution in [2.75, 3.05) is 0 Å². The molecular weight excluding hydrogens is 292 g/mol. The summed E-state index contributed by atoms with van der Waals surface area (Å²) in [4.78, 5) is 16.4. The number of rotatable bonds is 5. The molecule has 116 valence electrons. The highest BCUT2D eigenvalue weighted by Gasteiger charge is 2.16. The largest absolute Gasteiger partial charge is 0.352 e. The first-order chi connectivity index (χ1) is 10.8. The molecule has 0 saturated heterocycles.